The Bertz CT molecular complexity index is 217. The molecule has 0 radical (unpaired) electrons. The molecule has 1 amide bonds. The number of nitrogens with one attached hydrogen (secondary N) is 1. The van der Waals surface area contributed by atoms with E-state index in [2.05, 4.69) is 25.4 Å². The number of carbonyl (C=O) groups excluding carboxylic acids is 1. The number of amides is 1. The zero-order valence-corrected chi connectivity index (χ0v) is 12.0. The van der Waals surface area contributed by atoms with E-state index in [-0.39, 0.29) is 11.3 Å². The van der Waals surface area contributed by atoms with E-state index in [1.165, 1.54) is 0 Å². The van der Waals surface area contributed by atoms with Crippen molar-refractivity contribution in [3.63, 3.8) is 0 Å². The van der Waals surface area contributed by atoms with E-state index in [1.54, 1.807) is 21.6 Å². The van der Waals surface area contributed by atoms with E-state index in [0.717, 1.165) is 23.7 Å². The highest BCUT2D eigenvalue weighted by Gasteiger charge is 2.37. The largest absolute Gasteiger partial charge is 0.353 e. The van der Waals surface area contributed by atoms with Crippen LogP contribution in [0.15, 0.2) is 0 Å². The van der Waals surface area contributed by atoms with Crippen molar-refractivity contribution in [1.82, 2.24) is 5.32 Å². The topological polar surface area (TPSA) is 29.1 Å². The third kappa shape index (κ3) is 4.11. The molecule has 1 atom stereocenters. The molecular formula is C10H19NOS3. The van der Waals surface area contributed by atoms with Crippen molar-refractivity contribution in [1.29, 1.82) is 0 Å². The molecule has 1 aliphatic rings. The van der Waals surface area contributed by atoms with E-state index in [0.29, 0.717) is 6.04 Å². The van der Waals surface area contributed by atoms with E-state index in [9.17, 15) is 4.79 Å². The fraction of sp³-hybridized carbons (Fsp3) is 0.900. The molecule has 1 heterocycles. The summed E-state index contributed by atoms with van der Waals surface area (Å²) in [4.78, 5) is 12.0. The minimum atomic E-state index is -0.150. The highest BCUT2D eigenvalue weighted by atomic mass is 33.1. The fourth-order valence-corrected chi connectivity index (χ4v) is 5.21. The Morgan fingerprint density at radius 2 is 2.13 bits per heavy atom. The van der Waals surface area contributed by atoms with Crippen molar-refractivity contribution in [2.45, 2.75) is 26.3 Å². The van der Waals surface area contributed by atoms with E-state index < -0.39 is 0 Å². The van der Waals surface area contributed by atoms with Gasteiger partial charge in [-0.2, -0.15) is 11.8 Å². The van der Waals surface area contributed by atoms with Crippen molar-refractivity contribution in [3.8, 4) is 0 Å². The zero-order valence-electron chi connectivity index (χ0n) is 9.54. The van der Waals surface area contributed by atoms with Crippen LogP contribution in [0.4, 0.5) is 0 Å². The van der Waals surface area contributed by atoms with Gasteiger partial charge in [0, 0.05) is 17.5 Å². The van der Waals surface area contributed by atoms with Gasteiger partial charge in [0.15, 0.2) is 0 Å². The van der Waals surface area contributed by atoms with Crippen LogP contribution in [0.1, 0.15) is 20.3 Å². The van der Waals surface area contributed by atoms with Gasteiger partial charge >= 0.3 is 0 Å². The van der Waals surface area contributed by atoms with Crippen molar-refractivity contribution in [3.05, 3.63) is 0 Å². The second-order valence-electron chi connectivity index (χ2n) is 4.24. The van der Waals surface area contributed by atoms with E-state index in [1.807, 2.05) is 11.8 Å². The Balaban J connectivity index is 2.34. The standard InChI is InChI=1S/C10H19NOS3/c1-8(4-5-13-3)11-9(12)10(2)6-14-15-7-10/h8H,4-7H2,1-3H3,(H,11,12). The van der Waals surface area contributed by atoms with Crippen LogP contribution in [0.25, 0.3) is 0 Å². The van der Waals surface area contributed by atoms with Gasteiger partial charge in [-0.05, 0) is 32.3 Å². The monoisotopic (exact) mass is 265 g/mol. The molecule has 1 saturated heterocycles. The second-order valence-corrected chi connectivity index (χ2v) is 7.69. The summed E-state index contributed by atoms with van der Waals surface area (Å²) in [7, 11) is 3.61. The molecule has 0 bridgehead atoms. The lowest BCUT2D eigenvalue weighted by Gasteiger charge is -2.23. The third-order valence-corrected chi connectivity index (χ3v) is 6.05. The average molecular weight is 265 g/mol. The highest BCUT2D eigenvalue weighted by molar-refractivity contribution is 8.77. The molecule has 1 rings (SSSR count). The SMILES string of the molecule is CSCCC(C)NC(=O)C1(C)CSSC1. The first-order valence-electron chi connectivity index (χ1n) is 5.13. The van der Waals surface area contributed by atoms with Gasteiger partial charge in [0.05, 0.1) is 5.41 Å². The summed E-state index contributed by atoms with van der Waals surface area (Å²) >= 11 is 1.83. The normalized spacial score (nSPS) is 21.3. The van der Waals surface area contributed by atoms with Crippen molar-refractivity contribution in [2.75, 3.05) is 23.5 Å². The van der Waals surface area contributed by atoms with Gasteiger partial charge < -0.3 is 5.32 Å². The summed E-state index contributed by atoms with van der Waals surface area (Å²) in [6.45, 7) is 4.16. The van der Waals surface area contributed by atoms with Crippen LogP contribution in [-0.2, 0) is 4.79 Å². The highest BCUT2D eigenvalue weighted by Crippen LogP contribution is 2.42. The lowest BCUT2D eigenvalue weighted by Crippen LogP contribution is -2.44. The predicted molar refractivity (Wildman–Crippen MR) is 73.6 cm³/mol. The Morgan fingerprint density at radius 3 is 2.67 bits per heavy atom. The molecule has 1 unspecified atom stereocenters. The molecule has 0 saturated carbocycles. The van der Waals surface area contributed by atoms with Gasteiger partial charge in [0.2, 0.25) is 5.91 Å². The molecule has 0 aliphatic carbocycles. The molecule has 1 aliphatic heterocycles. The quantitative estimate of drug-likeness (QED) is 0.774. The first-order chi connectivity index (χ1) is 7.08. The molecular weight excluding hydrogens is 246 g/mol. The number of hydrogen-bond donors (Lipinski definition) is 1. The minimum absolute atomic E-state index is 0.150. The molecule has 1 fully saturated rings. The van der Waals surface area contributed by atoms with Gasteiger partial charge in [-0.1, -0.05) is 21.6 Å². The fourth-order valence-electron chi connectivity index (χ4n) is 1.28. The van der Waals surface area contributed by atoms with Gasteiger partial charge in [-0.3, -0.25) is 4.79 Å². The van der Waals surface area contributed by atoms with Gasteiger partial charge in [-0.15, -0.1) is 0 Å². The Morgan fingerprint density at radius 1 is 1.53 bits per heavy atom. The average Bonchev–Trinajstić information content (AvgIpc) is 2.63. The summed E-state index contributed by atoms with van der Waals surface area (Å²) in [6, 6.07) is 0.303. The number of rotatable bonds is 5. The summed E-state index contributed by atoms with van der Waals surface area (Å²) < 4.78 is 0. The maximum absolute atomic E-state index is 12.0. The van der Waals surface area contributed by atoms with Crippen LogP contribution in [0.3, 0.4) is 0 Å². The summed E-state index contributed by atoms with van der Waals surface area (Å²) in [5.41, 5.74) is -0.150. The lowest BCUT2D eigenvalue weighted by molar-refractivity contribution is -0.128. The molecule has 15 heavy (non-hydrogen) atoms. The maximum atomic E-state index is 12.0. The van der Waals surface area contributed by atoms with Gasteiger partial charge in [0.25, 0.3) is 0 Å². The molecule has 0 spiro atoms. The summed E-state index contributed by atoms with van der Waals surface area (Å²) in [5, 5.41) is 3.12. The molecule has 0 aromatic rings. The Kier molecular flexibility index (Phi) is 5.71. The van der Waals surface area contributed by atoms with Crippen LogP contribution in [0.2, 0.25) is 0 Å². The predicted octanol–water partition coefficient (Wildman–Crippen LogP) is 2.65. The van der Waals surface area contributed by atoms with Gasteiger partial charge in [0.1, 0.15) is 0 Å². The number of hydrogen-bond acceptors (Lipinski definition) is 4. The molecule has 0 aromatic heterocycles. The van der Waals surface area contributed by atoms with Crippen molar-refractivity contribution >= 4 is 39.3 Å². The second kappa shape index (κ2) is 6.30. The van der Waals surface area contributed by atoms with E-state index >= 15 is 0 Å². The van der Waals surface area contributed by atoms with Crippen LogP contribution < -0.4 is 5.32 Å². The van der Waals surface area contributed by atoms with Crippen LogP contribution in [0, 0.1) is 5.41 Å². The van der Waals surface area contributed by atoms with Gasteiger partial charge in [-0.25, -0.2) is 0 Å². The molecule has 88 valence electrons. The third-order valence-electron chi connectivity index (χ3n) is 2.52. The summed E-state index contributed by atoms with van der Waals surface area (Å²) in [5.74, 6) is 3.23. The lowest BCUT2D eigenvalue weighted by atomic mass is 9.94. The summed E-state index contributed by atoms with van der Waals surface area (Å²) in [6.07, 6.45) is 3.16. The van der Waals surface area contributed by atoms with Crippen LogP contribution in [-0.4, -0.2) is 35.5 Å². The smallest absolute Gasteiger partial charge is 0.227 e. The molecule has 1 N–H and O–H groups in total. The maximum Gasteiger partial charge on any atom is 0.227 e. The minimum Gasteiger partial charge on any atom is -0.353 e. The van der Waals surface area contributed by atoms with Crippen LogP contribution >= 0.6 is 33.3 Å². The Hall–Kier alpha value is 0.520. The molecule has 5 heteroatoms. The van der Waals surface area contributed by atoms with Crippen molar-refractivity contribution < 1.29 is 4.79 Å². The Labute approximate surface area is 104 Å². The first kappa shape index (κ1) is 13.6. The van der Waals surface area contributed by atoms with Crippen molar-refractivity contribution in [2.24, 2.45) is 5.41 Å². The van der Waals surface area contributed by atoms with E-state index in [4.69, 9.17) is 0 Å². The number of thioether (sulfide) groups is 1. The molecule has 2 nitrogen and oxygen atoms in total. The first-order valence-corrected chi connectivity index (χ1v) is 9.01. The number of carbonyl (C=O) groups is 1. The van der Waals surface area contributed by atoms with Crippen LogP contribution in [0.5, 0.6) is 0 Å². The molecule has 0 aromatic carbocycles. The zero-order chi connectivity index (χ0) is 11.3.